The van der Waals surface area contributed by atoms with Gasteiger partial charge in [-0.3, -0.25) is 0 Å². The zero-order valence-corrected chi connectivity index (χ0v) is 24.2. The van der Waals surface area contributed by atoms with Crippen LogP contribution in [0.1, 0.15) is 110 Å². The summed E-state index contributed by atoms with van der Waals surface area (Å²) in [5.74, 6) is 0. The van der Waals surface area contributed by atoms with Crippen molar-refractivity contribution < 1.29 is 33.2 Å². The van der Waals surface area contributed by atoms with Crippen LogP contribution < -0.4 is 0 Å². The highest BCUT2D eigenvalue weighted by Gasteiger charge is 2.13. The number of rotatable bonds is 30. The van der Waals surface area contributed by atoms with Crippen molar-refractivity contribution in [1.82, 2.24) is 0 Å². The van der Waals surface area contributed by atoms with Gasteiger partial charge in [-0.05, 0) is 25.7 Å². The quantitative estimate of drug-likeness (QED) is 0.0953. The molecule has 0 aromatic carbocycles. The Morgan fingerprint density at radius 1 is 0.459 bits per heavy atom. The van der Waals surface area contributed by atoms with E-state index in [1.807, 2.05) is 0 Å². The van der Waals surface area contributed by atoms with Crippen molar-refractivity contribution in [2.75, 3.05) is 79.3 Å². The van der Waals surface area contributed by atoms with Crippen molar-refractivity contribution in [3.8, 4) is 0 Å². The summed E-state index contributed by atoms with van der Waals surface area (Å²) in [6, 6.07) is 0. The molecule has 0 saturated carbocycles. The van der Waals surface area contributed by atoms with E-state index in [2.05, 4.69) is 6.92 Å². The zero-order valence-electron chi connectivity index (χ0n) is 24.2. The van der Waals surface area contributed by atoms with Crippen LogP contribution in [-0.4, -0.2) is 85.6 Å². The van der Waals surface area contributed by atoms with E-state index in [1.54, 1.807) is 0 Å². The number of unbranched alkanes of at least 4 members (excludes halogenated alkanes) is 12. The van der Waals surface area contributed by atoms with Gasteiger partial charge in [-0.1, -0.05) is 84.0 Å². The Labute approximate surface area is 228 Å². The normalized spacial score (nSPS) is 16.0. The number of hydrogen-bond acceptors (Lipinski definition) is 7. The summed E-state index contributed by atoms with van der Waals surface area (Å²) < 4.78 is 38.8. The number of ether oxygens (including phenoxy) is 7. The number of hydrogen-bond donors (Lipinski definition) is 0. The Morgan fingerprint density at radius 3 is 1.30 bits per heavy atom. The van der Waals surface area contributed by atoms with Crippen molar-refractivity contribution in [3.63, 3.8) is 0 Å². The van der Waals surface area contributed by atoms with Gasteiger partial charge in [0, 0.05) is 13.2 Å². The molecule has 37 heavy (non-hydrogen) atoms. The molecule has 0 aliphatic carbocycles. The largest absolute Gasteiger partial charge is 0.379 e. The van der Waals surface area contributed by atoms with Gasteiger partial charge in [0.05, 0.1) is 66.1 Å². The lowest BCUT2D eigenvalue weighted by molar-refractivity contribution is -0.169. The maximum Gasteiger partial charge on any atom is 0.157 e. The summed E-state index contributed by atoms with van der Waals surface area (Å²) in [5, 5.41) is 0. The molecule has 222 valence electrons. The van der Waals surface area contributed by atoms with Crippen molar-refractivity contribution in [2.45, 2.75) is 116 Å². The first-order valence-electron chi connectivity index (χ1n) is 15.6. The standard InChI is InChI=1S/C30H60O7/c1-2-3-4-5-6-7-8-9-10-11-12-13-15-18-31-20-21-32-22-23-33-24-25-34-26-27-35-28-29-37-30-17-14-16-19-36-30/h30H,2-29H2,1H3. The average Bonchev–Trinajstić information content (AvgIpc) is 2.93. The monoisotopic (exact) mass is 532 g/mol. The van der Waals surface area contributed by atoms with E-state index in [-0.39, 0.29) is 6.29 Å². The van der Waals surface area contributed by atoms with Gasteiger partial charge in [-0.2, -0.15) is 0 Å². The maximum absolute atomic E-state index is 5.66. The van der Waals surface area contributed by atoms with Crippen molar-refractivity contribution in [1.29, 1.82) is 0 Å². The van der Waals surface area contributed by atoms with E-state index in [9.17, 15) is 0 Å². The van der Waals surface area contributed by atoms with Crippen LogP contribution in [0, 0.1) is 0 Å². The van der Waals surface area contributed by atoms with Gasteiger partial charge in [-0.15, -0.1) is 0 Å². The van der Waals surface area contributed by atoms with E-state index < -0.39 is 0 Å². The fraction of sp³-hybridized carbons (Fsp3) is 1.00. The van der Waals surface area contributed by atoms with Gasteiger partial charge in [0.25, 0.3) is 0 Å². The average molecular weight is 533 g/mol. The molecule has 0 bridgehead atoms. The van der Waals surface area contributed by atoms with E-state index in [1.165, 1.54) is 83.5 Å². The van der Waals surface area contributed by atoms with Crippen LogP contribution in [-0.2, 0) is 33.2 Å². The van der Waals surface area contributed by atoms with Crippen LogP contribution in [0.25, 0.3) is 0 Å². The third-order valence-electron chi connectivity index (χ3n) is 6.55. The molecule has 7 nitrogen and oxygen atoms in total. The molecule has 7 heteroatoms. The summed E-state index contributed by atoms with van der Waals surface area (Å²) in [5.41, 5.74) is 0. The molecular formula is C30H60O7. The van der Waals surface area contributed by atoms with Gasteiger partial charge in [0.2, 0.25) is 0 Å². The lowest BCUT2D eigenvalue weighted by atomic mass is 10.0. The third-order valence-corrected chi connectivity index (χ3v) is 6.55. The smallest absolute Gasteiger partial charge is 0.157 e. The molecule has 1 heterocycles. The second-order valence-corrected chi connectivity index (χ2v) is 9.97. The van der Waals surface area contributed by atoms with Crippen LogP contribution in [0.3, 0.4) is 0 Å². The van der Waals surface area contributed by atoms with Crippen LogP contribution >= 0.6 is 0 Å². The molecule has 1 unspecified atom stereocenters. The minimum absolute atomic E-state index is 0.0452. The lowest BCUT2D eigenvalue weighted by Gasteiger charge is -2.22. The summed E-state index contributed by atoms with van der Waals surface area (Å²) in [7, 11) is 0. The molecule has 0 aromatic heterocycles. The molecule has 0 radical (unpaired) electrons. The first-order valence-corrected chi connectivity index (χ1v) is 15.6. The van der Waals surface area contributed by atoms with Crippen molar-refractivity contribution >= 4 is 0 Å². The highest BCUT2D eigenvalue weighted by molar-refractivity contribution is 4.54. The summed E-state index contributed by atoms with van der Waals surface area (Å²) >= 11 is 0. The molecule has 1 aliphatic heterocycles. The lowest BCUT2D eigenvalue weighted by Crippen LogP contribution is -2.24. The second-order valence-electron chi connectivity index (χ2n) is 9.97. The molecule has 0 aromatic rings. The first-order chi connectivity index (χ1) is 18.4. The minimum Gasteiger partial charge on any atom is -0.379 e. The molecule has 1 aliphatic rings. The van der Waals surface area contributed by atoms with E-state index in [4.69, 9.17) is 33.2 Å². The van der Waals surface area contributed by atoms with Crippen molar-refractivity contribution in [3.05, 3.63) is 0 Å². The van der Waals surface area contributed by atoms with Gasteiger partial charge in [0.15, 0.2) is 6.29 Å². The third kappa shape index (κ3) is 27.1. The molecule has 1 fully saturated rings. The van der Waals surface area contributed by atoms with Crippen LogP contribution in [0.2, 0.25) is 0 Å². The van der Waals surface area contributed by atoms with Gasteiger partial charge in [0.1, 0.15) is 0 Å². The van der Waals surface area contributed by atoms with Gasteiger partial charge >= 0.3 is 0 Å². The highest BCUT2D eigenvalue weighted by atomic mass is 16.7. The summed E-state index contributed by atoms with van der Waals surface area (Å²) in [6.45, 7) is 9.82. The highest BCUT2D eigenvalue weighted by Crippen LogP contribution is 2.13. The van der Waals surface area contributed by atoms with Crippen LogP contribution in [0.5, 0.6) is 0 Å². The van der Waals surface area contributed by atoms with Gasteiger partial charge < -0.3 is 33.2 Å². The molecule has 1 atom stereocenters. The van der Waals surface area contributed by atoms with E-state index in [0.717, 1.165) is 32.5 Å². The molecule has 0 amide bonds. The Bertz CT molecular complexity index is 419. The second kappa shape index (κ2) is 30.3. The van der Waals surface area contributed by atoms with Crippen molar-refractivity contribution in [2.24, 2.45) is 0 Å². The molecule has 0 spiro atoms. The van der Waals surface area contributed by atoms with Crippen LogP contribution in [0.15, 0.2) is 0 Å². The molecule has 1 rings (SSSR count). The predicted molar refractivity (Wildman–Crippen MR) is 149 cm³/mol. The Kier molecular flexibility index (Phi) is 28.4. The Balaban J connectivity index is 1.61. The van der Waals surface area contributed by atoms with E-state index >= 15 is 0 Å². The zero-order chi connectivity index (χ0) is 26.3. The topological polar surface area (TPSA) is 64.6 Å². The van der Waals surface area contributed by atoms with Gasteiger partial charge in [-0.25, -0.2) is 0 Å². The SMILES string of the molecule is CCCCCCCCCCCCCCCOCCOCCOCCOCCOCCOC1CCCCO1. The minimum atomic E-state index is -0.0452. The first kappa shape index (κ1) is 34.7. The molecular weight excluding hydrogens is 472 g/mol. The van der Waals surface area contributed by atoms with E-state index in [0.29, 0.717) is 66.1 Å². The molecule has 0 N–H and O–H groups in total. The Morgan fingerprint density at radius 2 is 0.865 bits per heavy atom. The summed E-state index contributed by atoms with van der Waals surface area (Å²) in [4.78, 5) is 0. The fourth-order valence-corrected chi connectivity index (χ4v) is 4.28. The summed E-state index contributed by atoms with van der Waals surface area (Å²) in [6.07, 6.45) is 21.2. The predicted octanol–water partition coefficient (Wildman–Crippen LogP) is 6.70. The fourth-order valence-electron chi connectivity index (χ4n) is 4.28. The maximum atomic E-state index is 5.66. The van der Waals surface area contributed by atoms with Crippen LogP contribution in [0.4, 0.5) is 0 Å². The Hall–Kier alpha value is -0.280. The molecule has 1 saturated heterocycles.